The summed E-state index contributed by atoms with van der Waals surface area (Å²) in [5.41, 5.74) is 4.86. The number of hydrazone groups is 1. The SMILES string of the molecule is CCNC(=S)N/N=C(/C)c1ccc(N2CCN(CC)CC2)c(F)c1. The second-order valence-electron chi connectivity index (χ2n) is 5.76. The molecule has 2 N–H and O–H groups in total. The number of nitrogens with zero attached hydrogens (tertiary/aromatic N) is 3. The zero-order valence-electron chi connectivity index (χ0n) is 14.6. The van der Waals surface area contributed by atoms with E-state index in [1.165, 1.54) is 0 Å². The highest BCUT2D eigenvalue weighted by molar-refractivity contribution is 7.80. The minimum Gasteiger partial charge on any atom is -0.367 e. The van der Waals surface area contributed by atoms with Crippen LogP contribution in [0, 0.1) is 5.82 Å². The first-order valence-corrected chi connectivity index (χ1v) is 8.81. The van der Waals surface area contributed by atoms with Gasteiger partial charge in [-0.15, -0.1) is 0 Å². The minimum absolute atomic E-state index is 0.207. The van der Waals surface area contributed by atoms with E-state index in [1.54, 1.807) is 6.07 Å². The lowest BCUT2D eigenvalue weighted by Crippen LogP contribution is -2.46. The van der Waals surface area contributed by atoms with E-state index in [9.17, 15) is 4.39 Å². The van der Waals surface area contributed by atoms with Gasteiger partial charge >= 0.3 is 0 Å². The summed E-state index contributed by atoms with van der Waals surface area (Å²) in [6, 6.07) is 5.29. The average molecular weight is 351 g/mol. The topological polar surface area (TPSA) is 42.9 Å². The van der Waals surface area contributed by atoms with Crippen molar-refractivity contribution in [3.8, 4) is 0 Å². The van der Waals surface area contributed by atoms with Crippen molar-refractivity contribution in [2.45, 2.75) is 20.8 Å². The maximum atomic E-state index is 14.5. The molecule has 1 saturated heterocycles. The van der Waals surface area contributed by atoms with E-state index >= 15 is 0 Å². The van der Waals surface area contributed by atoms with E-state index in [0.717, 1.165) is 44.8 Å². The predicted molar refractivity (Wildman–Crippen MR) is 102 cm³/mol. The molecule has 0 amide bonds. The highest BCUT2D eigenvalue weighted by atomic mass is 32.1. The summed E-state index contributed by atoms with van der Waals surface area (Å²) >= 11 is 5.06. The fourth-order valence-electron chi connectivity index (χ4n) is 2.69. The van der Waals surface area contributed by atoms with Crippen LogP contribution in [0.1, 0.15) is 26.3 Å². The Morgan fingerprint density at radius 2 is 1.96 bits per heavy atom. The molecule has 0 aromatic heterocycles. The first kappa shape index (κ1) is 18.6. The summed E-state index contributed by atoms with van der Waals surface area (Å²) in [6.45, 7) is 11.4. The summed E-state index contributed by atoms with van der Waals surface area (Å²) in [4.78, 5) is 4.48. The van der Waals surface area contributed by atoms with Crippen LogP contribution in [0.2, 0.25) is 0 Å². The highest BCUT2D eigenvalue weighted by Crippen LogP contribution is 2.22. The second kappa shape index (κ2) is 8.94. The normalized spacial score (nSPS) is 16.2. The Labute approximate surface area is 148 Å². The smallest absolute Gasteiger partial charge is 0.186 e. The number of piperazine rings is 1. The number of nitrogens with one attached hydrogen (secondary N) is 2. The molecule has 132 valence electrons. The van der Waals surface area contributed by atoms with Crippen LogP contribution in [0.25, 0.3) is 0 Å². The maximum absolute atomic E-state index is 14.5. The summed E-state index contributed by atoms with van der Waals surface area (Å²) in [7, 11) is 0. The number of benzene rings is 1. The molecule has 2 rings (SSSR count). The summed E-state index contributed by atoms with van der Waals surface area (Å²) in [5.74, 6) is -0.207. The number of likely N-dealkylation sites (N-methyl/N-ethyl adjacent to an activating group) is 1. The van der Waals surface area contributed by atoms with Crippen LogP contribution < -0.4 is 15.6 Å². The van der Waals surface area contributed by atoms with Crippen LogP contribution in [0.15, 0.2) is 23.3 Å². The average Bonchev–Trinajstić information content (AvgIpc) is 2.60. The number of anilines is 1. The second-order valence-corrected chi connectivity index (χ2v) is 6.16. The van der Waals surface area contributed by atoms with Gasteiger partial charge in [0.05, 0.1) is 11.4 Å². The Morgan fingerprint density at radius 3 is 2.54 bits per heavy atom. The van der Waals surface area contributed by atoms with Gasteiger partial charge in [-0.05, 0) is 44.7 Å². The van der Waals surface area contributed by atoms with Crippen LogP contribution in [0.4, 0.5) is 10.1 Å². The number of thiocarbonyl (C=S) groups is 1. The van der Waals surface area contributed by atoms with Gasteiger partial charge in [-0.25, -0.2) is 4.39 Å². The van der Waals surface area contributed by atoms with Crippen LogP contribution in [-0.4, -0.2) is 55.0 Å². The van der Waals surface area contributed by atoms with Crippen LogP contribution in [-0.2, 0) is 0 Å². The van der Waals surface area contributed by atoms with Gasteiger partial charge in [0.1, 0.15) is 5.82 Å². The van der Waals surface area contributed by atoms with E-state index in [0.29, 0.717) is 16.5 Å². The Hall–Kier alpha value is -1.73. The van der Waals surface area contributed by atoms with Crippen LogP contribution in [0.5, 0.6) is 0 Å². The quantitative estimate of drug-likeness (QED) is 0.484. The van der Waals surface area contributed by atoms with Gasteiger partial charge in [-0.3, -0.25) is 5.43 Å². The van der Waals surface area contributed by atoms with Crippen molar-refractivity contribution in [2.75, 3.05) is 44.2 Å². The Morgan fingerprint density at radius 1 is 1.25 bits per heavy atom. The van der Waals surface area contributed by atoms with Crippen molar-refractivity contribution >= 4 is 28.7 Å². The third-order valence-corrected chi connectivity index (χ3v) is 4.42. The molecule has 5 nitrogen and oxygen atoms in total. The molecule has 1 fully saturated rings. The molecule has 1 aromatic carbocycles. The van der Waals surface area contributed by atoms with Gasteiger partial charge < -0.3 is 15.1 Å². The Balaban J connectivity index is 2.04. The first-order valence-electron chi connectivity index (χ1n) is 8.40. The van der Waals surface area contributed by atoms with Crippen molar-refractivity contribution in [2.24, 2.45) is 5.10 Å². The van der Waals surface area contributed by atoms with Gasteiger partial charge in [0.15, 0.2) is 5.11 Å². The molecule has 0 aliphatic carbocycles. The Bertz CT molecular complexity index is 597. The minimum atomic E-state index is -0.207. The van der Waals surface area contributed by atoms with Gasteiger partial charge in [0.25, 0.3) is 0 Å². The number of hydrogen-bond acceptors (Lipinski definition) is 4. The van der Waals surface area contributed by atoms with E-state index < -0.39 is 0 Å². The fraction of sp³-hybridized carbons (Fsp3) is 0.529. The molecule has 0 bridgehead atoms. The van der Waals surface area contributed by atoms with Crippen molar-refractivity contribution in [3.63, 3.8) is 0 Å². The third kappa shape index (κ3) is 4.88. The van der Waals surface area contributed by atoms with Crippen molar-refractivity contribution < 1.29 is 4.39 Å². The van der Waals surface area contributed by atoms with Crippen molar-refractivity contribution in [3.05, 3.63) is 29.6 Å². The predicted octanol–water partition coefficient (Wildman–Crippen LogP) is 2.18. The molecule has 24 heavy (non-hydrogen) atoms. The van der Waals surface area contributed by atoms with Crippen molar-refractivity contribution in [1.29, 1.82) is 0 Å². The van der Waals surface area contributed by atoms with E-state index in [1.807, 2.05) is 26.0 Å². The maximum Gasteiger partial charge on any atom is 0.186 e. The largest absolute Gasteiger partial charge is 0.367 e. The summed E-state index contributed by atoms with van der Waals surface area (Å²) in [6.07, 6.45) is 0. The lowest BCUT2D eigenvalue weighted by atomic mass is 10.1. The highest BCUT2D eigenvalue weighted by Gasteiger charge is 2.18. The zero-order chi connectivity index (χ0) is 17.5. The summed E-state index contributed by atoms with van der Waals surface area (Å²) in [5, 5.41) is 7.61. The van der Waals surface area contributed by atoms with Gasteiger partial charge in [-0.1, -0.05) is 13.0 Å². The molecule has 0 saturated carbocycles. The van der Waals surface area contributed by atoms with Gasteiger partial charge in [-0.2, -0.15) is 5.10 Å². The molecule has 1 aromatic rings. The Kier molecular flexibility index (Phi) is 6.93. The molecule has 0 unspecified atom stereocenters. The number of rotatable bonds is 5. The molecule has 1 aliphatic heterocycles. The van der Waals surface area contributed by atoms with Gasteiger partial charge in [0, 0.05) is 38.3 Å². The summed E-state index contributed by atoms with van der Waals surface area (Å²) < 4.78 is 14.5. The number of halogens is 1. The fourth-order valence-corrected chi connectivity index (χ4v) is 2.88. The molecule has 0 radical (unpaired) electrons. The molecule has 0 atom stereocenters. The monoisotopic (exact) mass is 351 g/mol. The van der Waals surface area contributed by atoms with E-state index in [2.05, 4.69) is 32.6 Å². The third-order valence-electron chi connectivity index (χ3n) is 4.19. The molecule has 1 aliphatic rings. The van der Waals surface area contributed by atoms with Crippen LogP contribution in [0.3, 0.4) is 0 Å². The molecular formula is C17H26FN5S. The van der Waals surface area contributed by atoms with Crippen molar-refractivity contribution in [1.82, 2.24) is 15.6 Å². The lowest BCUT2D eigenvalue weighted by Gasteiger charge is -2.35. The molecule has 7 heteroatoms. The van der Waals surface area contributed by atoms with Crippen LogP contribution >= 0.6 is 12.2 Å². The zero-order valence-corrected chi connectivity index (χ0v) is 15.4. The standard InChI is InChI=1S/C17H26FN5S/c1-4-19-17(24)21-20-13(3)14-6-7-16(15(18)12-14)23-10-8-22(5-2)9-11-23/h6-7,12H,4-5,8-11H2,1-3H3,(H2,19,21,24)/b20-13-. The molecule has 1 heterocycles. The molecular weight excluding hydrogens is 325 g/mol. The van der Waals surface area contributed by atoms with Gasteiger partial charge in [0.2, 0.25) is 0 Å². The molecule has 0 spiro atoms. The number of hydrogen-bond donors (Lipinski definition) is 2. The lowest BCUT2D eigenvalue weighted by molar-refractivity contribution is 0.270. The van der Waals surface area contributed by atoms with E-state index in [4.69, 9.17) is 12.2 Å². The van der Waals surface area contributed by atoms with E-state index in [-0.39, 0.29) is 5.82 Å². The first-order chi connectivity index (χ1) is 11.5.